The Hall–Kier alpha value is -0.770. The molecule has 0 radical (unpaired) electrons. The molecule has 0 unspecified atom stereocenters. The van der Waals surface area contributed by atoms with Crippen molar-refractivity contribution in [1.29, 1.82) is 0 Å². The summed E-state index contributed by atoms with van der Waals surface area (Å²) in [7, 11) is 2.20. The third kappa shape index (κ3) is 4.60. The number of piperazine rings is 1. The highest BCUT2D eigenvalue weighted by atomic mass is 35.5. The van der Waals surface area contributed by atoms with Gasteiger partial charge in [0.05, 0.1) is 6.61 Å². The molecule has 0 N–H and O–H groups in total. The summed E-state index contributed by atoms with van der Waals surface area (Å²) in [6, 6.07) is 6.64. The van der Waals surface area contributed by atoms with E-state index in [1.54, 1.807) is 0 Å². The summed E-state index contributed by atoms with van der Waals surface area (Å²) in [6.45, 7) is 6.81. The van der Waals surface area contributed by atoms with Gasteiger partial charge in [0.15, 0.2) is 0 Å². The van der Waals surface area contributed by atoms with Crippen LogP contribution in [0.3, 0.4) is 0 Å². The van der Waals surface area contributed by atoms with E-state index in [2.05, 4.69) is 35.0 Å². The summed E-state index contributed by atoms with van der Waals surface area (Å²) in [6.07, 6.45) is 4.91. The first-order chi connectivity index (χ1) is 9.81. The Kier molecular flexibility index (Phi) is 6.34. The zero-order chi connectivity index (χ0) is 13.8. The molecular formula is C17H27ClN2O. The van der Waals surface area contributed by atoms with Crippen molar-refractivity contribution in [2.45, 2.75) is 25.7 Å². The average molecular weight is 311 g/mol. The first-order valence-corrected chi connectivity index (χ1v) is 7.97. The number of likely N-dealkylation sites (N-methyl/N-ethyl adjacent to an activating group) is 1. The van der Waals surface area contributed by atoms with Gasteiger partial charge in [-0.3, -0.25) is 0 Å². The Balaban J connectivity index is 0.00000161. The topological polar surface area (TPSA) is 15.7 Å². The molecule has 1 aliphatic heterocycles. The van der Waals surface area contributed by atoms with Gasteiger partial charge in [-0.25, -0.2) is 0 Å². The molecular weight excluding hydrogens is 284 g/mol. The summed E-state index contributed by atoms with van der Waals surface area (Å²) < 4.78 is 5.91. The van der Waals surface area contributed by atoms with E-state index in [1.165, 1.54) is 63.1 Å². The molecule has 1 fully saturated rings. The van der Waals surface area contributed by atoms with Crippen LogP contribution in [0.25, 0.3) is 0 Å². The van der Waals surface area contributed by atoms with E-state index in [0.717, 1.165) is 18.8 Å². The van der Waals surface area contributed by atoms with Gasteiger partial charge in [0, 0.05) is 32.7 Å². The minimum atomic E-state index is 0. The van der Waals surface area contributed by atoms with Crippen molar-refractivity contribution >= 4 is 12.4 Å². The molecule has 1 aromatic carbocycles. The van der Waals surface area contributed by atoms with E-state index in [-0.39, 0.29) is 12.4 Å². The second-order valence-corrected chi connectivity index (χ2v) is 6.13. The molecule has 4 heteroatoms. The number of ether oxygens (including phenoxy) is 1. The molecule has 2 aliphatic rings. The number of halogens is 1. The lowest BCUT2D eigenvalue weighted by molar-refractivity contribution is 0.145. The standard InChI is InChI=1S/C17H26N2O.ClH/c1-18-9-11-19(12-10-18)8-3-13-20-17-7-6-15-4-2-5-16(15)14-17;/h6-7,14H,2-5,8-13H2,1H3;1H. The van der Waals surface area contributed by atoms with E-state index >= 15 is 0 Å². The Bertz CT molecular complexity index is 444. The lowest BCUT2D eigenvalue weighted by Gasteiger charge is -2.32. The Morgan fingerprint density at radius 2 is 1.81 bits per heavy atom. The van der Waals surface area contributed by atoms with Crippen LogP contribution in [-0.2, 0) is 12.8 Å². The molecule has 0 atom stereocenters. The minimum absolute atomic E-state index is 0. The molecule has 118 valence electrons. The van der Waals surface area contributed by atoms with Gasteiger partial charge in [-0.1, -0.05) is 6.07 Å². The SMILES string of the molecule is CN1CCN(CCCOc2ccc3c(c2)CCC3)CC1.Cl. The van der Waals surface area contributed by atoms with Crippen LogP contribution in [0, 0.1) is 0 Å². The fourth-order valence-corrected chi connectivity index (χ4v) is 3.19. The smallest absolute Gasteiger partial charge is 0.119 e. The molecule has 1 heterocycles. The summed E-state index contributed by atoms with van der Waals surface area (Å²) in [5.41, 5.74) is 3.02. The van der Waals surface area contributed by atoms with Gasteiger partial charge < -0.3 is 14.5 Å². The molecule has 0 aromatic heterocycles. The highest BCUT2D eigenvalue weighted by Gasteiger charge is 2.13. The predicted molar refractivity (Wildman–Crippen MR) is 89.8 cm³/mol. The van der Waals surface area contributed by atoms with Crippen molar-refractivity contribution in [3.63, 3.8) is 0 Å². The minimum Gasteiger partial charge on any atom is -0.494 e. The Morgan fingerprint density at radius 3 is 2.62 bits per heavy atom. The fraction of sp³-hybridized carbons (Fsp3) is 0.647. The number of benzene rings is 1. The second-order valence-electron chi connectivity index (χ2n) is 6.13. The highest BCUT2D eigenvalue weighted by Crippen LogP contribution is 2.26. The summed E-state index contributed by atoms with van der Waals surface area (Å²) in [4.78, 5) is 4.95. The monoisotopic (exact) mass is 310 g/mol. The van der Waals surface area contributed by atoms with Crippen molar-refractivity contribution < 1.29 is 4.74 Å². The van der Waals surface area contributed by atoms with Crippen LogP contribution >= 0.6 is 12.4 Å². The van der Waals surface area contributed by atoms with E-state index in [0.29, 0.717) is 0 Å². The van der Waals surface area contributed by atoms with Crippen LogP contribution < -0.4 is 4.74 Å². The third-order valence-electron chi connectivity index (χ3n) is 4.55. The van der Waals surface area contributed by atoms with E-state index in [4.69, 9.17) is 4.74 Å². The molecule has 0 saturated carbocycles. The van der Waals surface area contributed by atoms with Crippen molar-refractivity contribution in [3.05, 3.63) is 29.3 Å². The lowest BCUT2D eigenvalue weighted by Crippen LogP contribution is -2.44. The van der Waals surface area contributed by atoms with Gasteiger partial charge >= 0.3 is 0 Å². The summed E-state index contributed by atoms with van der Waals surface area (Å²) >= 11 is 0. The summed E-state index contributed by atoms with van der Waals surface area (Å²) in [5.74, 6) is 1.06. The lowest BCUT2D eigenvalue weighted by atomic mass is 10.1. The Labute approximate surface area is 134 Å². The number of hydrogen-bond donors (Lipinski definition) is 0. The highest BCUT2D eigenvalue weighted by molar-refractivity contribution is 5.85. The average Bonchev–Trinajstić information content (AvgIpc) is 2.93. The van der Waals surface area contributed by atoms with Crippen LogP contribution in [0.1, 0.15) is 24.0 Å². The molecule has 1 aliphatic carbocycles. The summed E-state index contributed by atoms with van der Waals surface area (Å²) in [5, 5.41) is 0. The van der Waals surface area contributed by atoms with E-state index in [1.807, 2.05) is 0 Å². The zero-order valence-corrected chi connectivity index (χ0v) is 13.8. The maximum Gasteiger partial charge on any atom is 0.119 e. The maximum atomic E-state index is 5.91. The van der Waals surface area contributed by atoms with Gasteiger partial charge in [-0.15, -0.1) is 12.4 Å². The number of aryl methyl sites for hydroxylation is 2. The number of hydrogen-bond acceptors (Lipinski definition) is 3. The second kappa shape index (κ2) is 8.02. The van der Waals surface area contributed by atoms with Crippen molar-refractivity contribution in [2.75, 3.05) is 46.4 Å². The Morgan fingerprint density at radius 1 is 1.05 bits per heavy atom. The quantitative estimate of drug-likeness (QED) is 0.778. The number of fused-ring (bicyclic) bond motifs is 1. The molecule has 0 amide bonds. The molecule has 0 spiro atoms. The van der Waals surface area contributed by atoms with Crippen LogP contribution in [0.2, 0.25) is 0 Å². The van der Waals surface area contributed by atoms with Gasteiger partial charge in [0.25, 0.3) is 0 Å². The molecule has 1 saturated heterocycles. The van der Waals surface area contributed by atoms with Crippen molar-refractivity contribution in [3.8, 4) is 5.75 Å². The molecule has 1 aromatic rings. The van der Waals surface area contributed by atoms with Gasteiger partial charge in [-0.05, 0) is 56.0 Å². The third-order valence-corrected chi connectivity index (χ3v) is 4.55. The van der Waals surface area contributed by atoms with Crippen LogP contribution in [-0.4, -0.2) is 56.2 Å². The molecule has 21 heavy (non-hydrogen) atoms. The zero-order valence-electron chi connectivity index (χ0n) is 13.0. The van der Waals surface area contributed by atoms with Gasteiger partial charge in [0.1, 0.15) is 5.75 Å². The molecule has 0 bridgehead atoms. The van der Waals surface area contributed by atoms with Crippen LogP contribution in [0.15, 0.2) is 18.2 Å². The fourth-order valence-electron chi connectivity index (χ4n) is 3.19. The first-order valence-electron chi connectivity index (χ1n) is 7.97. The van der Waals surface area contributed by atoms with E-state index < -0.39 is 0 Å². The van der Waals surface area contributed by atoms with Gasteiger partial charge in [0.2, 0.25) is 0 Å². The maximum absolute atomic E-state index is 5.91. The van der Waals surface area contributed by atoms with Crippen molar-refractivity contribution in [2.24, 2.45) is 0 Å². The normalized spacial score (nSPS) is 19.1. The van der Waals surface area contributed by atoms with E-state index in [9.17, 15) is 0 Å². The number of nitrogens with zero attached hydrogens (tertiary/aromatic N) is 2. The molecule has 3 nitrogen and oxygen atoms in total. The van der Waals surface area contributed by atoms with Gasteiger partial charge in [-0.2, -0.15) is 0 Å². The van der Waals surface area contributed by atoms with Crippen LogP contribution in [0.5, 0.6) is 5.75 Å². The molecule has 3 rings (SSSR count). The van der Waals surface area contributed by atoms with Crippen LogP contribution in [0.4, 0.5) is 0 Å². The van der Waals surface area contributed by atoms with Crippen molar-refractivity contribution in [1.82, 2.24) is 9.80 Å². The predicted octanol–water partition coefficient (Wildman–Crippen LogP) is 2.61. The first kappa shape index (κ1) is 16.6. The largest absolute Gasteiger partial charge is 0.494 e. The number of rotatable bonds is 5.